The first-order valence-electron chi connectivity index (χ1n) is 12.3. The molecule has 2 fully saturated rings. The van der Waals surface area contributed by atoms with Crippen molar-refractivity contribution in [2.45, 2.75) is 40.0 Å². The summed E-state index contributed by atoms with van der Waals surface area (Å²) in [5.74, 6) is 2.05. The summed E-state index contributed by atoms with van der Waals surface area (Å²) in [5, 5.41) is 3.53. The molecule has 2 aromatic carbocycles. The molecule has 1 saturated heterocycles. The molecule has 0 radical (unpaired) electrons. The smallest absolute Gasteiger partial charge is 0.253 e. The number of hydrogen-bond donors (Lipinski definition) is 1. The first-order valence-corrected chi connectivity index (χ1v) is 12.3. The van der Waals surface area contributed by atoms with E-state index in [1.54, 1.807) is 0 Å². The lowest BCUT2D eigenvalue weighted by Crippen LogP contribution is -2.32. The molecule has 1 N–H and O–H groups in total. The Balaban J connectivity index is 1.25. The van der Waals surface area contributed by atoms with Crippen molar-refractivity contribution < 1.29 is 9.59 Å². The van der Waals surface area contributed by atoms with Crippen molar-refractivity contribution in [2.75, 3.05) is 38.0 Å². The van der Waals surface area contributed by atoms with Gasteiger partial charge in [-0.3, -0.25) is 9.59 Å². The van der Waals surface area contributed by atoms with Crippen LogP contribution in [0.5, 0.6) is 0 Å². The van der Waals surface area contributed by atoms with Gasteiger partial charge in [0.25, 0.3) is 11.8 Å². The molecule has 0 bridgehead atoms. The van der Waals surface area contributed by atoms with Crippen molar-refractivity contribution in [2.24, 2.45) is 17.8 Å². The van der Waals surface area contributed by atoms with Crippen LogP contribution in [0.2, 0.25) is 0 Å². The van der Waals surface area contributed by atoms with Gasteiger partial charge in [0.15, 0.2) is 0 Å². The Hall–Kier alpha value is -2.82. The summed E-state index contributed by atoms with van der Waals surface area (Å²) in [4.78, 5) is 29.2. The van der Waals surface area contributed by atoms with E-state index in [0.717, 1.165) is 49.5 Å². The Morgan fingerprint density at radius 3 is 1.97 bits per heavy atom. The number of rotatable bonds is 7. The third kappa shape index (κ3) is 4.92. The molecule has 4 rings (SSSR count). The first kappa shape index (κ1) is 23.3. The SMILES string of the molecule is CCN(CC)C(=O)c1ccc(NCC2C3CN(C(=O)c4ccc(C(C)(C)C)cc4)CC23)cc1. The summed E-state index contributed by atoms with van der Waals surface area (Å²) in [6.45, 7) is 14.6. The average molecular weight is 448 g/mol. The number of amides is 2. The van der Waals surface area contributed by atoms with Gasteiger partial charge in [0.2, 0.25) is 0 Å². The number of carbonyl (C=O) groups is 2. The predicted molar refractivity (Wildman–Crippen MR) is 134 cm³/mol. The van der Waals surface area contributed by atoms with Crippen LogP contribution in [0, 0.1) is 17.8 Å². The molecule has 33 heavy (non-hydrogen) atoms. The van der Waals surface area contributed by atoms with Crippen LogP contribution < -0.4 is 5.32 Å². The average Bonchev–Trinajstić information content (AvgIpc) is 3.26. The van der Waals surface area contributed by atoms with Gasteiger partial charge in [-0.2, -0.15) is 0 Å². The molecule has 1 aliphatic heterocycles. The standard InChI is InChI=1S/C28H37N3O2/c1-6-30(7-2)26(32)20-10-14-22(15-11-20)29-16-23-24-17-31(18-25(23)24)27(33)19-8-12-21(13-9-19)28(3,4)5/h8-15,23-25,29H,6-7,16-18H2,1-5H3. The number of piperidine rings is 1. The first-order chi connectivity index (χ1) is 15.7. The molecule has 2 amide bonds. The van der Waals surface area contributed by atoms with Gasteiger partial charge in [-0.25, -0.2) is 0 Å². The number of anilines is 1. The quantitative estimate of drug-likeness (QED) is 0.657. The monoisotopic (exact) mass is 447 g/mol. The number of benzene rings is 2. The van der Waals surface area contributed by atoms with Crippen LogP contribution in [0.25, 0.3) is 0 Å². The van der Waals surface area contributed by atoms with Gasteiger partial charge in [-0.05, 0) is 79.0 Å². The zero-order valence-electron chi connectivity index (χ0n) is 20.6. The highest BCUT2D eigenvalue weighted by Crippen LogP contribution is 2.51. The fourth-order valence-electron chi connectivity index (χ4n) is 5.07. The minimum atomic E-state index is 0.0843. The van der Waals surface area contributed by atoms with Crippen molar-refractivity contribution in [3.8, 4) is 0 Å². The molecular formula is C28H37N3O2. The van der Waals surface area contributed by atoms with E-state index in [1.807, 2.05) is 60.0 Å². The van der Waals surface area contributed by atoms with E-state index in [9.17, 15) is 9.59 Å². The zero-order chi connectivity index (χ0) is 23.8. The number of hydrogen-bond acceptors (Lipinski definition) is 3. The highest BCUT2D eigenvalue weighted by Gasteiger charge is 2.56. The molecule has 0 spiro atoms. The molecule has 5 nitrogen and oxygen atoms in total. The van der Waals surface area contributed by atoms with Crippen molar-refractivity contribution in [3.05, 3.63) is 65.2 Å². The van der Waals surface area contributed by atoms with E-state index in [2.05, 4.69) is 38.2 Å². The lowest BCUT2D eigenvalue weighted by atomic mass is 9.86. The third-order valence-electron chi connectivity index (χ3n) is 7.38. The maximum absolute atomic E-state index is 12.9. The minimum Gasteiger partial charge on any atom is -0.385 e. The molecular weight excluding hydrogens is 410 g/mol. The van der Waals surface area contributed by atoms with E-state index >= 15 is 0 Å². The van der Waals surface area contributed by atoms with Crippen molar-refractivity contribution in [1.82, 2.24) is 9.80 Å². The van der Waals surface area contributed by atoms with Crippen LogP contribution in [0.1, 0.15) is 60.9 Å². The van der Waals surface area contributed by atoms with E-state index in [-0.39, 0.29) is 17.2 Å². The minimum absolute atomic E-state index is 0.0843. The topological polar surface area (TPSA) is 52.7 Å². The molecule has 1 aliphatic carbocycles. The summed E-state index contributed by atoms with van der Waals surface area (Å²) in [6, 6.07) is 15.9. The summed E-state index contributed by atoms with van der Waals surface area (Å²) >= 11 is 0. The second-order valence-corrected chi connectivity index (χ2v) is 10.5. The fraction of sp³-hybridized carbons (Fsp3) is 0.500. The van der Waals surface area contributed by atoms with Gasteiger partial charge >= 0.3 is 0 Å². The molecule has 5 heteroatoms. The summed E-state index contributed by atoms with van der Waals surface area (Å²) in [6.07, 6.45) is 0. The molecule has 1 saturated carbocycles. The highest BCUT2D eigenvalue weighted by molar-refractivity contribution is 5.95. The van der Waals surface area contributed by atoms with Crippen molar-refractivity contribution in [3.63, 3.8) is 0 Å². The van der Waals surface area contributed by atoms with Crippen LogP contribution in [-0.2, 0) is 5.41 Å². The number of likely N-dealkylation sites (tertiary alicyclic amines) is 1. The lowest BCUT2D eigenvalue weighted by molar-refractivity contribution is 0.0763. The van der Waals surface area contributed by atoms with Crippen LogP contribution >= 0.6 is 0 Å². The highest BCUT2D eigenvalue weighted by atomic mass is 16.2. The van der Waals surface area contributed by atoms with Gasteiger partial charge < -0.3 is 15.1 Å². The zero-order valence-corrected chi connectivity index (χ0v) is 20.6. The van der Waals surface area contributed by atoms with Gasteiger partial charge in [0, 0.05) is 49.5 Å². The summed E-state index contributed by atoms with van der Waals surface area (Å²) in [5.41, 5.74) is 3.91. The molecule has 2 aromatic rings. The Morgan fingerprint density at radius 1 is 0.909 bits per heavy atom. The van der Waals surface area contributed by atoms with E-state index < -0.39 is 0 Å². The summed E-state index contributed by atoms with van der Waals surface area (Å²) < 4.78 is 0. The Morgan fingerprint density at radius 2 is 1.45 bits per heavy atom. The number of nitrogens with zero attached hydrogens (tertiary/aromatic N) is 2. The number of carbonyl (C=O) groups excluding carboxylic acids is 2. The van der Waals surface area contributed by atoms with E-state index in [0.29, 0.717) is 17.8 Å². The Labute approximate surface area is 198 Å². The molecule has 1 heterocycles. The van der Waals surface area contributed by atoms with Crippen LogP contribution in [-0.4, -0.2) is 54.3 Å². The third-order valence-corrected chi connectivity index (χ3v) is 7.38. The van der Waals surface area contributed by atoms with Gasteiger partial charge in [0.05, 0.1) is 0 Å². The Bertz CT molecular complexity index is 975. The predicted octanol–water partition coefficient (Wildman–Crippen LogP) is 4.90. The largest absolute Gasteiger partial charge is 0.385 e. The van der Waals surface area contributed by atoms with Gasteiger partial charge in [0.1, 0.15) is 0 Å². The van der Waals surface area contributed by atoms with Gasteiger partial charge in [-0.15, -0.1) is 0 Å². The maximum Gasteiger partial charge on any atom is 0.253 e. The van der Waals surface area contributed by atoms with Crippen LogP contribution in [0.15, 0.2) is 48.5 Å². The van der Waals surface area contributed by atoms with Gasteiger partial charge in [-0.1, -0.05) is 32.9 Å². The second kappa shape index (κ2) is 9.20. The maximum atomic E-state index is 12.9. The van der Waals surface area contributed by atoms with E-state index in [1.165, 1.54) is 5.56 Å². The van der Waals surface area contributed by atoms with Crippen molar-refractivity contribution >= 4 is 17.5 Å². The molecule has 2 unspecified atom stereocenters. The van der Waals surface area contributed by atoms with E-state index in [4.69, 9.17) is 0 Å². The lowest BCUT2D eigenvalue weighted by Gasteiger charge is -2.22. The number of nitrogens with one attached hydrogen (secondary N) is 1. The Kier molecular flexibility index (Phi) is 6.51. The summed E-state index contributed by atoms with van der Waals surface area (Å²) in [7, 11) is 0. The molecule has 2 atom stereocenters. The van der Waals surface area contributed by atoms with Crippen LogP contribution in [0.3, 0.4) is 0 Å². The van der Waals surface area contributed by atoms with Crippen LogP contribution in [0.4, 0.5) is 5.69 Å². The normalized spacial score (nSPS) is 21.5. The fourth-order valence-corrected chi connectivity index (χ4v) is 5.07. The molecule has 2 aliphatic rings. The second-order valence-electron chi connectivity index (χ2n) is 10.5. The molecule has 176 valence electrons. The molecule has 0 aromatic heterocycles. The number of fused-ring (bicyclic) bond motifs is 1. The van der Waals surface area contributed by atoms with Crippen molar-refractivity contribution in [1.29, 1.82) is 0 Å².